The van der Waals surface area contributed by atoms with Gasteiger partial charge in [-0.25, -0.2) is 0 Å². The number of hydrogen-bond donors (Lipinski definition) is 2. The number of nitrogens with zero attached hydrogens (tertiary/aromatic N) is 1. The molecule has 1 aliphatic carbocycles. The van der Waals surface area contributed by atoms with E-state index in [1.54, 1.807) is 0 Å². The molecule has 6 heteroatoms. The minimum absolute atomic E-state index is 0.0529. The third-order valence-corrected chi connectivity index (χ3v) is 5.46. The number of ether oxygens (including phenoxy) is 2. The smallest absolute Gasteiger partial charge is 0.290 e. The first-order chi connectivity index (χ1) is 12.7. The van der Waals surface area contributed by atoms with Crippen LogP contribution >= 0.6 is 0 Å². The van der Waals surface area contributed by atoms with E-state index >= 15 is 0 Å². The van der Waals surface area contributed by atoms with Crippen molar-refractivity contribution in [2.24, 2.45) is 5.41 Å². The number of rotatable bonds is 6. The van der Waals surface area contributed by atoms with Gasteiger partial charge in [0, 0.05) is 25.6 Å². The maximum absolute atomic E-state index is 8.88. The number of piperidine rings is 1. The van der Waals surface area contributed by atoms with E-state index in [-0.39, 0.29) is 13.1 Å². The molecule has 0 amide bonds. The number of likely N-dealkylation sites (tertiary alicyclic amines) is 1. The molecular weight excluding hydrogens is 334 g/mol. The molecule has 0 unspecified atom stereocenters. The van der Waals surface area contributed by atoms with E-state index < -0.39 is 0 Å². The van der Waals surface area contributed by atoms with Crippen LogP contribution < -0.4 is 4.74 Å². The van der Waals surface area contributed by atoms with E-state index in [9.17, 15) is 0 Å². The van der Waals surface area contributed by atoms with E-state index in [1.165, 1.54) is 44.2 Å². The second-order valence-electron chi connectivity index (χ2n) is 7.12. The molecular formula is C20H31NO5. The minimum atomic E-state index is -0.250. The SMILES string of the molecule is CO[C@@H]1CCC[C@]12CCCN(Cc1cccc(OCCO)c1)C2.O=CO. The van der Waals surface area contributed by atoms with Crippen LogP contribution in [0.15, 0.2) is 24.3 Å². The Hall–Kier alpha value is -1.63. The lowest BCUT2D eigenvalue weighted by Crippen LogP contribution is -2.47. The highest BCUT2D eigenvalue weighted by Crippen LogP contribution is 2.46. The molecule has 1 aliphatic heterocycles. The lowest BCUT2D eigenvalue weighted by atomic mass is 9.76. The highest BCUT2D eigenvalue weighted by atomic mass is 16.5. The molecule has 0 bridgehead atoms. The van der Waals surface area contributed by atoms with Gasteiger partial charge in [0.1, 0.15) is 12.4 Å². The largest absolute Gasteiger partial charge is 0.491 e. The fourth-order valence-electron chi connectivity index (χ4n) is 4.49. The molecule has 0 aromatic heterocycles. The van der Waals surface area contributed by atoms with Crippen molar-refractivity contribution in [3.63, 3.8) is 0 Å². The maximum atomic E-state index is 8.88. The summed E-state index contributed by atoms with van der Waals surface area (Å²) in [5.41, 5.74) is 1.65. The summed E-state index contributed by atoms with van der Waals surface area (Å²) in [6.07, 6.45) is 6.83. The van der Waals surface area contributed by atoms with Crippen LogP contribution in [0.2, 0.25) is 0 Å². The van der Waals surface area contributed by atoms with Gasteiger partial charge in [0.2, 0.25) is 0 Å². The fraction of sp³-hybridized carbons (Fsp3) is 0.650. The van der Waals surface area contributed by atoms with Crippen LogP contribution in [-0.2, 0) is 16.1 Å². The summed E-state index contributed by atoms with van der Waals surface area (Å²) < 4.78 is 11.3. The summed E-state index contributed by atoms with van der Waals surface area (Å²) in [4.78, 5) is 10.9. The Balaban J connectivity index is 0.000000758. The maximum Gasteiger partial charge on any atom is 0.290 e. The number of carbonyl (C=O) groups is 1. The van der Waals surface area contributed by atoms with Crippen molar-refractivity contribution in [3.05, 3.63) is 29.8 Å². The van der Waals surface area contributed by atoms with Crippen molar-refractivity contribution in [2.75, 3.05) is 33.4 Å². The number of methoxy groups -OCH3 is 1. The molecule has 6 nitrogen and oxygen atoms in total. The lowest BCUT2D eigenvalue weighted by molar-refractivity contribution is -0.122. The van der Waals surface area contributed by atoms with Crippen molar-refractivity contribution >= 4 is 6.47 Å². The van der Waals surface area contributed by atoms with Gasteiger partial charge in [0.25, 0.3) is 6.47 Å². The first-order valence-electron chi connectivity index (χ1n) is 9.33. The van der Waals surface area contributed by atoms with Gasteiger partial charge in [-0.05, 0) is 49.9 Å². The van der Waals surface area contributed by atoms with Crippen LogP contribution in [0.3, 0.4) is 0 Å². The molecule has 26 heavy (non-hydrogen) atoms. The number of benzene rings is 1. The molecule has 1 saturated carbocycles. The fourth-order valence-corrected chi connectivity index (χ4v) is 4.49. The average molecular weight is 365 g/mol. The van der Waals surface area contributed by atoms with Crippen molar-refractivity contribution in [1.29, 1.82) is 0 Å². The van der Waals surface area contributed by atoms with E-state index in [1.807, 2.05) is 19.2 Å². The summed E-state index contributed by atoms with van der Waals surface area (Å²) >= 11 is 0. The van der Waals surface area contributed by atoms with Crippen LogP contribution in [0.5, 0.6) is 5.75 Å². The van der Waals surface area contributed by atoms with Crippen LogP contribution in [0, 0.1) is 5.41 Å². The average Bonchev–Trinajstić information content (AvgIpc) is 3.02. The third-order valence-electron chi connectivity index (χ3n) is 5.46. The van der Waals surface area contributed by atoms with Crippen molar-refractivity contribution in [2.45, 2.75) is 44.8 Å². The molecule has 2 atom stereocenters. The zero-order chi connectivity index (χ0) is 18.8. The van der Waals surface area contributed by atoms with Crippen LogP contribution in [0.25, 0.3) is 0 Å². The van der Waals surface area contributed by atoms with E-state index in [0.717, 1.165) is 18.8 Å². The van der Waals surface area contributed by atoms with Crippen LogP contribution in [-0.4, -0.2) is 61.1 Å². The molecule has 1 heterocycles. The number of carboxylic acid groups (broad SMARTS) is 1. The monoisotopic (exact) mass is 365 g/mol. The molecule has 1 aromatic rings. The van der Waals surface area contributed by atoms with Crippen molar-refractivity contribution < 1.29 is 24.5 Å². The van der Waals surface area contributed by atoms with Crippen molar-refractivity contribution in [3.8, 4) is 5.75 Å². The van der Waals surface area contributed by atoms with Gasteiger partial charge < -0.3 is 19.7 Å². The molecule has 1 spiro atoms. The summed E-state index contributed by atoms with van der Waals surface area (Å²) in [6, 6.07) is 8.25. The van der Waals surface area contributed by atoms with Gasteiger partial charge >= 0.3 is 0 Å². The Kier molecular flexibility index (Phi) is 8.35. The van der Waals surface area contributed by atoms with Gasteiger partial charge in [0.15, 0.2) is 0 Å². The van der Waals surface area contributed by atoms with Gasteiger partial charge in [0.05, 0.1) is 12.7 Å². The molecule has 146 valence electrons. The number of hydrogen-bond acceptors (Lipinski definition) is 5. The van der Waals surface area contributed by atoms with Crippen LogP contribution in [0.1, 0.15) is 37.7 Å². The molecule has 2 fully saturated rings. The van der Waals surface area contributed by atoms with Gasteiger partial charge in [-0.3, -0.25) is 9.69 Å². The zero-order valence-corrected chi connectivity index (χ0v) is 15.6. The Morgan fingerprint density at radius 3 is 2.85 bits per heavy atom. The van der Waals surface area contributed by atoms with Gasteiger partial charge in [-0.1, -0.05) is 18.6 Å². The number of aliphatic hydroxyl groups is 1. The molecule has 2 aliphatic rings. The van der Waals surface area contributed by atoms with Gasteiger partial charge in [-0.15, -0.1) is 0 Å². The van der Waals surface area contributed by atoms with Crippen molar-refractivity contribution in [1.82, 2.24) is 4.90 Å². The highest BCUT2D eigenvalue weighted by Gasteiger charge is 2.45. The zero-order valence-electron chi connectivity index (χ0n) is 15.6. The van der Waals surface area contributed by atoms with E-state index in [2.05, 4.69) is 17.0 Å². The minimum Gasteiger partial charge on any atom is -0.491 e. The first-order valence-corrected chi connectivity index (χ1v) is 9.33. The normalized spacial score (nSPS) is 25.5. The Labute approximate surface area is 155 Å². The standard InChI is InChI=1S/C19H29NO3.CH2O2/c1-22-18-7-3-8-19(18)9-4-10-20(15-19)14-16-5-2-6-17(13-16)23-12-11-21;2-1-3/h2,5-6,13,18,21H,3-4,7-12,14-15H2,1H3;1H,(H,2,3)/t18-,19-;/m1./s1. The topological polar surface area (TPSA) is 79.2 Å². The van der Waals surface area contributed by atoms with E-state index in [0.29, 0.717) is 18.1 Å². The summed E-state index contributed by atoms with van der Waals surface area (Å²) in [5, 5.41) is 15.8. The molecule has 1 aromatic carbocycles. The van der Waals surface area contributed by atoms with Crippen LogP contribution in [0.4, 0.5) is 0 Å². The Morgan fingerprint density at radius 2 is 2.12 bits per heavy atom. The molecule has 3 rings (SSSR count). The molecule has 1 saturated heterocycles. The number of aliphatic hydroxyl groups excluding tert-OH is 1. The summed E-state index contributed by atoms with van der Waals surface area (Å²) in [7, 11) is 1.87. The third kappa shape index (κ3) is 5.43. The molecule has 0 radical (unpaired) electrons. The second kappa shape index (κ2) is 10.5. The quantitative estimate of drug-likeness (QED) is 0.754. The predicted molar refractivity (Wildman–Crippen MR) is 99.3 cm³/mol. The first kappa shape index (κ1) is 20.7. The lowest BCUT2D eigenvalue weighted by Gasteiger charge is -2.43. The van der Waals surface area contributed by atoms with E-state index in [4.69, 9.17) is 24.5 Å². The highest BCUT2D eigenvalue weighted by molar-refractivity contribution is 5.32. The van der Waals surface area contributed by atoms with Gasteiger partial charge in [-0.2, -0.15) is 0 Å². The Morgan fingerprint density at radius 1 is 1.35 bits per heavy atom. The molecule has 2 N–H and O–H groups in total. The second-order valence-corrected chi connectivity index (χ2v) is 7.12. The summed E-state index contributed by atoms with van der Waals surface area (Å²) in [6.45, 7) is 3.44. The predicted octanol–water partition coefficient (Wildman–Crippen LogP) is 2.54. The Bertz CT molecular complexity index is 553. The summed E-state index contributed by atoms with van der Waals surface area (Å²) in [5.74, 6) is 0.846.